The molecule has 0 aliphatic carbocycles. The van der Waals surface area contributed by atoms with E-state index in [2.05, 4.69) is 9.97 Å². The number of imide groups is 1. The third kappa shape index (κ3) is 4.32. The van der Waals surface area contributed by atoms with Crippen LogP contribution in [0.25, 0.3) is 10.2 Å². The average molecular weight is 456 g/mol. The summed E-state index contributed by atoms with van der Waals surface area (Å²) in [6.45, 7) is 6.38. The van der Waals surface area contributed by atoms with Crippen molar-refractivity contribution in [1.82, 2.24) is 14.9 Å². The highest BCUT2D eigenvalue weighted by atomic mass is 32.1. The van der Waals surface area contributed by atoms with E-state index in [1.165, 1.54) is 12.4 Å². The van der Waals surface area contributed by atoms with E-state index in [1.807, 2.05) is 4.90 Å². The highest BCUT2D eigenvalue weighted by molar-refractivity contribution is 7.18. The van der Waals surface area contributed by atoms with Crippen LogP contribution in [0.5, 0.6) is 0 Å². The molecule has 2 fully saturated rings. The summed E-state index contributed by atoms with van der Waals surface area (Å²) in [6, 6.07) is 1.48. The van der Waals surface area contributed by atoms with Crippen LogP contribution in [0.1, 0.15) is 38.5 Å². The second-order valence-corrected chi connectivity index (χ2v) is 10.2. The number of carbonyl (C=O) groups is 2. The number of hydrogen-bond donors (Lipinski definition) is 0. The fourth-order valence-corrected chi connectivity index (χ4v) is 5.19. The molecule has 1 unspecified atom stereocenters. The minimum Gasteiger partial charge on any atom is -0.443 e. The maximum atomic E-state index is 13.1. The summed E-state index contributed by atoms with van der Waals surface area (Å²) in [4.78, 5) is 37.7. The molecule has 2 aromatic heterocycles. The summed E-state index contributed by atoms with van der Waals surface area (Å²) in [5.41, 5.74) is -1.42. The van der Waals surface area contributed by atoms with Gasteiger partial charge < -0.3 is 9.64 Å². The predicted octanol–water partition coefficient (Wildman–Crippen LogP) is 4.16. The molecule has 2 amide bonds. The van der Waals surface area contributed by atoms with Crippen LogP contribution in [-0.4, -0.2) is 58.3 Å². The molecule has 1 atom stereocenters. The molecule has 0 aromatic carbocycles. The summed E-state index contributed by atoms with van der Waals surface area (Å²) < 4.78 is 43.7. The van der Waals surface area contributed by atoms with Crippen LogP contribution in [0.4, 0.5) is 23.8 Å². The molecule has 7 nitrogen and oxygen atoms in total. The van der Waals surface area contributed by atoms with E-state index in [1.54, 1.807) is 20.8 Å². The normalized spacial score (nSPS) is 22.2. The van der Waals surface area contributed by atoms with Crippen molar-refractivity contribution in [3.63, 3.8) is 0 Å². The molecule has 0 radical (unpaired) electrons. The number of amides is 2. The van der Waals surface area contributed by atoms with Crippen molar-refractivity contribution < 1.29 is 27.5 Å². The Bertz CT molecular complexity index is 1030. The number of fused-ring (bicyclic) bond motifs is 1. The quantitative estimate of drug-likeness (QED) is 0.676. The number of carbonyl (C=O) groups excluding carboxylic acids is 2. The fraction of sp³-hybridized carbons (Fsp3) is 0.600. The van der Waals surface area contributed by atoms with E-state index in [4.69, 9.17) is 4.74 Å². The van der Waals surface area contributed by atoms with E-state index in [0.717, 1.165) is 16.2 Å². The molecule has 0 bridgehead atoms. The first-order chi connectivity index (χ1) is 14.4. The van der Waals surface area contributed by atoms with Gasteiger partial charge in [0.25, 0.3) is 0 Å². The van der Waals surface area contributed by atoms with Crippen molar-refractivity contribution in [3.05, 3.63) is 17.3 Å². The molecule has 4 rings (SSSR count). The molecular weight excluding hydrogens is 433 g/mol. The van der Waals surface area contributed by atoms with Crippen LogP contribution in [0.3, 0.4) is 0 Å². The topological polar surface area (TPSA) is 75.6 Å². The predicted molar refractivity (Wildman–Crippen MR) is 109 cm³/mol. The zero-order valence-corrected chi connectivity index (χ0v) is 18.3. The second-order valence-electron chi connectivity index (χ2n) is 9.06. The fourth-order valence-electron chi connectivity index (χ4n) is 4.17. The number of anilines is 1. The maximum absolute atomic E-state index is 13.1. The van der Waals surface area contributed by atoms with Gasteiger partial charge in [0.05, 0.1) is 17.2 Å². The lowest BCUT2D eigenvalue weighted by atomic mass is 9.85. The van der Waals surface area contributed by atoms with Crippen molar-refractivity contribution in [2.45, 2.75) is 51.8 Å². The summed E-state index contributed by atoms with van der Waals surface area (Å²) in [5.74, 6) is 0.257. The Morgan fingerprint density at radius 3 is 2.61 bits per heavy atom. The standard InChI is InChI=1S/C20H23F3N4O3S/c1-18(2,3)30-17(29)27-7-5-19(16(27)28)4-6-26(10-19)14-13-8-12(9-20(21,22)23)31-15(13)25-11-24-14/h8,11H,4-7,9-10H2,1-3H3. The lowest BCUT2D eigenvalue weighted by Gasteiger charge is -2.26. The molecule has 0 saturated carbocycles. The number of hydrogen-bond acceptors (Lipinski definition) is 7. The van der Waals surface area contributed by atoms with Gasteiger partial charge in [0.15, 0.2) is 0 Å². The van der Waals surface area contributed by atoms with E-state index in [0.29, 0.717) is 42.0 Å². The summed E-state index contributed by atoms with van der Waals surface area (Å²) in [7, 11) is 0. The summed E-state index contributed by atoms with van der Waals surface area (Å²) in [6.07, 6.45) is -3.57. The highest BCUT2D eigenvalue weighted by Crippen LogP contribution is 2.44. The average Bonchev–Trinajstić information content (AvgIpc) is 3.30. The third-order valence-corrected chi connectivity index (χ3v) is 6.56. The number of nitrogens with zero attached hydrogens (tertiary/aromatic N) is 4. The van der Waals surface area contributed by atoms with Gasteiger partial charge in [-0.2, -0.15) is 13.2 Å². The van der Waals surface area contributed by atoms with Gasteiger partial charge in [0.1, 0.15) is 22.6 Å². The Labute approximate surface area is 181 Å². The molecule has 2 saturated heterocycles. The lowest BCUT2D eigenvalue weighted by molar-refractivity contribution is -0.134. The number of alkyl halides is 3. The molecule has 11 heteroatoms. The zero-order chi connectivity index (χ0) is 22.6. The maximum Gasteiger partial charge on any atom is 0.417 e. The Morgan fingerprint density at radius 2 is 1.94 bits per heavy atom. The van der Waals surface area contributed by atoms with Gasteiger partial charge in [-0.15, -0.1) is 11.3 Å². The van der Waals surface area contributed by atoms with E-state index < -0.39 is 29.7 Å². The monoisotopic (exact) mass is 456 g/mol. The molecule has 2 aromatic rings. The highest BCUT2D eigenvalue weighted by Gasteiger charge is 2.53. The van der Waals surface area contributed by atoms with Gasteiger partial charge in [-0.1, -0.05) is 0 Å². The lowest BCUT2D eigenvalue weighted by Crippen LogP contribution is -2.42. The summed E-state index contributed by atoms with van der Waals surface area (Å²) in [5, 5.41) is 0.554. The minimum absolute atomic E-state index is 0.172. The number of likely N-dealkylation sites (tertiary alicyclic amines) is 1. The zero-order valence-electron chi connectivity index (χ0n) is 17.5. The summed E-state index contributed by atoms with van der Waals surface area (Å²) >= 11 is 0.997. The van der Waals surface area contributed by atoms with Crippen LogP contribution in [0, 0.1) is 5.41 Å². The first-order valence-electron chi connectivity index (χ1n) is 9.97. The molecule has 2 aliphatic heterocycles. The first-order valence-corrected chi connectivity index (χ1v) is 10.8. The Balaban J connectivity index is 1.55. The third-order valence-electron chi connectivity index (χ3n) is 5.51. The largest absolute Gasteiger partial charge is 0.443 e. The van der Waals surface area contributed by atoms with Gasteiger partial charge in [0.2, 0.25) is 5.91 Å². The van der Waals surface area contributed by atoms with E-state index in [9.17, 15) is 22.8 Å². The van der Waals surface area contributed by atoms with Crippen LogP contribution < -0.4 is 4.90 Å². The molecule has 31 heavy (non-hydrogen) atoms. The van der Waals surface area contributed by atoms with Crippen molar-refractivity contribution >= 4 is 39.4 Å². The van der Waals surface area contributed by atoms with Crippen molar-refractivity contribution in [1.29, 1.82) is 0 Å². The van der Waals surface area contributed by atoms with Gasteiger partial charge in [-0.05, 0) is 39.7 Å². The number of aromatic nitrogens is 2. The molecular formula is C20H23F3N4O3S. The van der Waals surface area contributed by atoms with Crippen LogP contribution in [0.2, 0.25) is 0 Å². The molecule has 0 N–H and O–H groups in total. The SMILES string of the molecule is CC(C)(C)OC(=O)N1CCC2(CCN(c3ncnc4sc(CC(F)(F)F)cc34)C2)C1=O. The Kier molecular flexibility index (Phi) is 5.14. The number of halogens is 3. The van der Waals surface area contributed by atoms with Gasteiger partial charge >= 0.3 is 12.3 Å². The molecule has 2 aliphatic rings. The Morgan fingerprint density at radius 1 is 1.23 bits per heavy atom. The van der Waals surface area contributed by atoms with Crippen LogP contribution >= 0.6 is 11.3 Å². The number of thiophene rings is 1. The molecule has 168 valence electrons. The smallest absolute Gasteiger partial charge is 0.417 e. The second kappa shape index (κ2) is 7.32. The van der Waals surface area contributed by atoms with E-state index in [-0.39, 0.29) is 17.3 Å². The van der Waals surface area contributed by atoms with Crippen molar-refractivity contribution in [2.75, 3.05) is 24.5 Å². The van der Waals surface area contributed by atoms with Gasteiger partial charge in [0, 0.05) is 24.5 Å². The van der Waals surface area contributed by atoms with Gasteiger partial charge in [-0.3, -0.25) is 4.79 Å². The van der Waals surface area contributed by atoms with Gasteiger partial charge in [-0.25, -0.2) is 19.7 Å². The van der Waals surface area contributed by atoms with Crippen LogP contribution in [-0.2, 0) is 16.0 Å². The molecule has 1 spiro atoms. The number of rotatable bonds is 2. The van der Waals surface area contributed by atoms with E-state index >= 15 is 0 Å². The van der Waals surface area contributed by atoms with Crippen molar-refractivity contribution in [2.24, 2.45) is 5.41 Å². The van der Waals surface area contributed by atoms with Crippen molar-refractivity contribution in [3.8, 4) is 0 Å². The molecule has 4 heterocycles. The number of ether oxygens (including phenoxy) is 1. The Hall–Kier alpha value is -2.43. The van der Waals surface area contributed by atoms with Crippen LogP contribution in [0.15, 0.2) is 12.4 Å². The first kappa shape index (κ1) is 21.8. The minimum atomic E-state index is -4.30.